The van der Waals surface area contributed by atoms with Crippen LogP contribution in [-0.4, -0.2) is 25.1 Å². The molecule has 0 aliphatic rings. The zero-order valence-corrected chi connectivity index (χ0v) is 8.33. The van der Waals surface area contributed by atoms with Crippen LogP contribution >= 0.6 is 0 Å². The van der Waals surface area contributed by atoms with Crippen molar-refractivity contribution in [2.45, 2.75) is 13.2 Å². The fourth-order valence-corrected chi connectivity index (χ4v) is 0.898. The van der Waals surface area contributed by atoms with E-state index in [1.54, 1.807) is 19.3 Å². The van der Waals surface area contributed by atoms with Crippen molar-refractivity contribution in [1.82, 2.24) is 20.0 Å². The van der Waals surface area contributed by atoms with Crippen LogP contribution in [0.5, 0.6) is 0 Å². The molecule has 0 amide bonds. The molecular weight excluding hydrogens is 196 g/mol. The molecule has 6 N–H and O–H groups in total. The first-order valence-corrected chi connectivity index (χ1v) is 4.33. The lowest BCUT2D eigenvalue weighted by Crippen LogP contribution is -2.09. The predicted octanol–water partition coefficient (Wildman–Crippen LogP) is -0.0320. The number of hydrogen-bond donors (Lipinski definition) is 4. The molecule has 0 bridgehead atoms. The second-order valence-electron chi connectivity index (χ2n) is 2.83. The van der Waals surface area contributed by atoms with E-state index in [1.807, 2.05) is 6.07 Å². The molecule has 82 valence electrons. The molecule has 2 aromatic heterocycles. The third kappa shape index (κ3) is 2.99. The summed E-state index contributed by atoms with van der Waals surface area (Å²) in [5.74, 6) is 0.301. The van der Waals surface area contributed by atoms with Crippen LogP contribution in [0.3, 0.4) is 0 Å². The standard InChI is InChI=1S/C5H10N4O.C3H4N2/c1-3(10)9-5(7)4(6)2-8-9;1-2-4-5-3-1/h2-3,10H,6-7H2,1H3;1-3H,(H,4,5). The number of anilines is 2. The Kier molecular flexibility index (Phi) is 3.69. The molecule has 0 saturated carbocycles. The van der Waals surface area contributed by atoms with Crippen LogP contribution in [0.15, 0.2) is 24.7 Å². The number of hydrogen-bond acceptors (Lipinski definition) is 5. The predicted molar refractivity (Wildman–Crippen MR) is 56.6 cm³/mol. The minimum Gasteiger partial charge on any atom is -0.394 e. The number of nitrogens with two attached hydrogens (primary N) is 2. The molecule has 0 radical (unpaired) electrons. The van der Waals surface area contributed by atoms with Gasteiger partial charge in [0.1, 0.15) is 12.0 Å². The molecule has 2 heterocycles. The van der Waals surface area contributed by atoms with E-state index >= 15 is 0 Å². The highest BCUT2D eigenvalue weighted by atomic mass is 16.3. The van der Waals surface area contributed by atoms with Crippen molar-refractivity contribution in [1.29, 1.82) is 0 Å². The van der Waals surface area contributed by atoms with Crippen LogP contribution in [0.2, 0.25) is 0 Å². The third-order valence-corrected chi connectivity index (χ3v) is 1.62. The van der Waals surface area contributed by atoms with Crippen molar-refractivity contribution in [2.24, 2.45) is 0 Å². The lowest BCUT2D eigenvalue weighted by Gasteiger charge is -2.05. The summed E-state index contributed by atoms with van der Waals surface area (Å²) in [6.45, 7) is 1.56. The number of aliphatic hydroxyl groups is 1. The number of nitrogen functional groups attached to an aromatic ring is 2. The van der Waals surface area contributed by atoms with Gasteiger partial charge in [0.05, 0.1) is 11.9 Å². The second kappa shape index (κ2) is 5.01. The Bertz CT molecular complexity index is 363. The Morgan fingerprint density at radius 3 is 2.47 bits per heavy atom. The quantitative estimate of drug-likeness (QED) is 0.527. The third-order valence-electron chi connectivity index (χ3n) is 1.62. The molecular formula is C8H14N6O. The maximum atomic E-state index is 8.98. The largest absolute Gasteiger partial charge is 0.394 e. The molecule has 2 aromatic rings. The van der Waals surface area contributed by atoms with E-state index in [0.29, 0.717) is 11.5 Å². The van der Waals surface area contributed by atoms with E-state index in [4.69, 9.17) is 16.6 Å². The molecule has 0 spiro atoms. The zero-order chi connectivity index (χ0) is 11.3. The lowest BCUT2D eigenvalue weighted by molar-refractivity contribution is 0.113. The van der Waals surface area contributed by atoms with Crippen molar-refractivity contribution < 1.29 is 5.11 Å². The van der Waals surface area contributed by atoms with Gasteiger partial charge in [-0.05, 0) is 13.0 Å². The topological polar surface area (TPSA) is 119 Å². The van der Waals surface area contributed by atoms with Crippen molar-refractivity contribution >= 4 is 11.5 Å². The van der Waals surface area contributed by atoms with Crippen LogP contribution in [0.4, 0.5) is 11.5 Å². The van der Waals surface area contributed by atoms with Gasteiger partial charge in [0.25, 0.3) is 0 Å². The summed E-state index contributed by atoms with van der Waals surface area (Å²) in [5.41, 5.74) is 11.2. The Morgan fingerprint density at radius 2 is 2.27 bits per heavy atom. The van der Waals surface area contributed by atoms with Crippen LogP contribution in [0.1, 0.15) is 13.2 Å². The molecule has 0 aromatic carbocycles. The molecule has 0 aliphatic heterocycles. The van der Waals surface area contributed by atoms with Crippen molar-refractivity contribution in [2.75, 3.05) is 11.5 Å². The summed E-state index contributed by atoms with van der Waals surface area (Å²) in [4.78, 5) is 0. The van der Waals surface area contributed by atoms with Crippen LogP contribution < -0.4 is 11.5 Å². The molecule has 0 fully saturated rings. The van der Waals surface area contributed by atoms with Gasteiger partial charge in [-0.3, -0.25) is 5.10 Å². The minimum absolute atomic E-state index is 0.301. The molecule has 15 heavy (non-hydrogen) atoms. The summed E-state index contributed by atoms with van der Waals surface area (Å²) in [5, 5.41) is 18.9. The number of aromatic nitrogens is 4. The van der Waals surface area contributed by atoms with Crippen LogP contribution in [0.25, 0.3) is 0 Å². The van der Waals surface area contributed by atoms with E-state index in [1.165, 1.54) is 10.9 Å². The van der Waals surface area contributed by atoms with Crippen LogP contribution in [-0.2, 0) is 0 Å². The normalized spacial score (nSPS) is 11.6. The van der Waals surface area contributed by atoms with E-state index in [2.05, 4.69) is 15.3 Å². The Labute approximate surface area is 86.7 Å². The van der Waals surface area contributed by atoms with Gasteiger partial charge in [0.2, 0.25) is 0 Å². The summed E-state index contributed by atoms with van der Waals surface area (Å²) in [6.07, 6.45) is 4.14. The molecule has 0 aliphatic carbocycles. The van der Waals surface area contributed by atoms with Crippen molar-refractivity contribution in [3.8, 4) is 0 Å². The minimum atomic E-state index is -0.725. The van der Waals surface area contributed by atoms with Gasteiger partial charge in [-0.1, -0.05) is 0 Å². The average molecular weight is 210 g/mol. The van der Waals surface area contributed by atoms with Crippen molar-refractivity contribution in [3.05, 3.63) is 24.7 Å². The van der Waals surface area contributed by atoms with Gasteiger partial charge in [-0.2, -0.15) is 10.2 Å². The van der Waals surface area contributed by atoms with Gasteiger partial charge in [-0.15, -0.1) is 0 Å². The number of nitrogens with zero attached hydrogens (tertiary/aromatic N) is 3. The molecule has 1 unspecified atom stereocenters. The first-order chi connectivity index (χ1) is 7.13. The maximum absolute atomic E-state index is 8.98. The van der Waals surface area contributed by atoms with E-state index in [-0.39, 0.29) is 0 Å². The first kappa shape index (κ1) is 11.1. The fourth-order valence-electron chi connectivity index (χ4n) is 0.898. The van der Waals surface area contributed by atoms with Gasteiger partial charge in [0.15, 0.2) is 0 Å². The highest BCUT2D eigenvalue weighted by molar-refractivity contribution is 5.57. The molecule has 7 nitrogen and oxygen atoms in total. The van der Waals surface area contributed by atoms with E-state index in [0.717, 1.165) is 0 Å². The Hall–Kier alpha value is -2.02. The van der Waals surface area contributed by atoms with Crippen LogP contribution in [0, 0.1) is 0 Å². The zero-order valence-electron chi connectivity index (χ0n) is 8.33. The number of aromatic amines is 1. The van der Waals surface area contributed by atoms with Gasteiger partial charge in [0, 0.05) is 12.4 Å². The summed E-state index contributed by atoms with van der Waals surface area (Å²) < 4.78 is 1.25. The Balaban J connectivity index is 0.000000187. The molecule has 2 rings (SSSR count). The maximum Gasteiger partial charge on any atom is 0.148 e. The first-order valence-electron chi connectivity index (χ1n) is 4.33. The van der Waals surface area contributed by atoms with E-state index < -0.39 is 6.23 Å². The number of H-pyrrole nitrogens is 1. The second-order valence-corrected chi connectivity index (χ2v) is 2.83. The number of aliphatic hydroxyl groups excluding tert-OH is 1. The number of rotatable bonds is 1. The molecule has 1 atom stereocenters. The summed E-state index contributed by atoms with van der Waals surface area (Å²) in [6, 6.07) is 1.83. The van der Waals surface area contributed by atoms with E-state index in [9.17, 15) is 0 Å². The number of nitrogens with one attached hydrogen (secondary N) is 1. The van der Waals surface area contributed by atoms with Gasteiger partial charge >= 0.3 is 0 Å². The summed E-state index contributed by atoms with van der Waals surface area (Å²) >= 11 is 0. The van der Waals surface area contributed by atoms with Crippen molar-refractivity contribution in [3.63, 3.8) is 0 Å². The highest BCUT2D eigenvalue weighted by Crippen LogP contribution is 2.15. The lowest BCUT2D eigenvalue weighted by atomic mass is 10.5. The molecule has 0 saturated heterocycles. The average Bonchev–Trinajstić information content (AvgIpc) is 2.81. The smallest absolute Gasteiger partial charge is 0.148 e. The monoisotopic (exact) mass is 210 g/mol. The fraction of sp³-hybridized carbons (Fsp3) is 0.250. The SMILES string of the molecule is CC(O)n1ncc(N)c1N.c1cn[nH]c1. The van der Waals surface area contributed by atoms with Gasteiger partial charge in [-0.25, -0.2) is 4.68 Å². The highest BCUT2D eigenvalue weighted by Gasteiger charge is 2.06. The molecule has 7 heteroatoms. The van der Waals surface area contributed by atoms with Gasteiger partial charge < -0.3 is 16.6 Å². The summed E-state index contributed by atoms with van der Waals surface area (Å²) in [7, 11) is 0. The Morgan fingerprint density at radius 1 is 1.53 bits per heavy atom.